The van der Waals surface area contributed by atoms with Crippen molar-refractivity contribution in [3.05, 3.63) is 35.5 Å². The van der Waals surface area contributed by atoms with E-state index in [2.05, 4.69) is 9.79 Å². The Morgan fingerprint density at radius 1 is 1.28 bits per heavy atom. The van der Waals surface area contributed by atoms with Gasteiger partial charge in [0.2, 0.25) is 15.5 Å². The second-order valence-electron chi connectivity index (χ2n) is 4.04. The van der Waals surface area contributed by atoms with Gasteiger partial charge in [0.15, 0.2) is 0 Å². The zero-order valence-electron chi connectivity index (χ0n) is 9.90. The van der Waals surface area contributed by atoms with Gasteiger partial charge in [-0.15, -0.1) is 0 Å². The van der Waals surface area contributed by atoms with Crippen molar-refractivity contribution in [3.8, 4) is 11.3 Å². The van der Waals surface area contributed by atoms with E-state index >= 15 is 0 Å². The molecule has 18 heavy (non-hydrogen) atoms. The lowest BCUT2D eigenvalue weighted by Crippen LogP contribution is -2.27. The molecular formula is C11H12N2O4S. The first kappa shape index (κ1) is 12.6. The van der Waals surface area contributed by atoms with E-state index in [1.54, 1.807) is 30.3 Å². The van der Waals surface area contributed by atoms with Crippen LogP contribution in [-0.4, -0.2) is 18.8 Å². The maximum absolute atomic E-state index is 12.1. The molecule has 0 N–H and O–H groups in total. The molecule has 0 radical (unpaired) electrons. The predicted molar refractivity (Wildman–Crippen MR) is 63.2 cm³/mol. The Morgan fingerprint density at radius 2 is 1.89 bits per heavy atom. The number of sulfone groups is 1. The number of hydrogen-bond acceptors (Lipinski definition) is 5. The highest BCUT2D eigenvalue weighted by Gasteiger charge is 2.35. The summed E-state index contributed by atoms with van der Waals surface area (Å²) in [6.07, 6.45) is 0. The standard InChI is InChI=1S/C11H12N2O4S/c1-8(2)18(15,16)11-10(13(14)17-12-11)9-6-4-3-5-7-9/h3-8H,1-2H3. The Kier molecular flexibility index (Phi) is 3.08. The third kappa shape index (κ3) is 1.97. The lowest BCUT2D eigenvalue weighted by molar-refractivity contribution is -0.793. The van der Waals surface area contributed by atoms with E-state index in [0.29, 0.717) is 5.56 Å². The molecule has 0 fully saturated rings. The van der Waals surface area contributed by atoms with Gasteiger partial charge in [0, 0.05) is 5.56 Å². The molecule has 0 spiro atoms. The monoisotopic (exact) mass is 268 g/mol. The number of aromatic nitrogens is 2. The van der Waals surface area contributed by atoms with Crippen LogP contribution >= 0.6 is 0 Å². The molecular weight excluding hydrogens is 256 g/mol. The van der Waals surface area contributed by atoms with Crippen molar-refractivity contribution in [1.82, 2.24) is 5.16 Å². The Morgan fingerprint density at radius 3 is 2.44 bits per heavy atom. The smallest absolute Gasteiger partial charge is 0.339 e. The van der Waals surface area contributed by atoms with Crippen LogP contribution in [0.3, 0.4) is 0 Å². The van der Waals surface area contributed by atoms with Gasteiger partial charge in [0.1, 0.15) is 0 Å². The van der Waals surface area contributed by atoms with E-state index in [0.717, 1.165) is 0 Å². The van der Waals surface area contributed by atoms with Gasteiger partial charge in [0.05, 0.1) is 10.4 Å². The maximum Gasteiger partial charge on any atom is 0.339 e. The zero-order valence-corrected chi connectivity index (χ0v) is 10.7. The second kappa shape index (κ2) is 4.41. The highest BCUT2D eigenvalue weighted by molar-refractivity contribution is 7.92. The summed E-state index contributed by atoms with van der Waals surface area (Å²) in [5.74, 6) is 0. The molecule has 0 aliphatic carbocycles. The van der Waals surface area contributed by atoms with E-state index in [4.69, 9.17) is 0 Å². The molecule has 96 valence electrons. The van der Waals surface area contributed by atoms with Gasteiger partial charge in [-0.1, -0.05) is 30.3 Å². The normalized spacial score (nSPS) is 11.9. The van der Waals surface area contributed by atoms with Gasteiger partial charge >= 0.3 is 5.03 Å². The lowest BCUT2D eigenvalue weighted by Gasteiger charge is -2.02. The number of rotatable bonds is 3. The molecule has 2 rings (SSSR count). The van der Waals surface area contributed by atoms with Gasteiger partial charge in [-0.05, 0) is 18.8 Å². The maximum atomic E-state index is 12.1. The zero-order chi connectivity index (χ0) is 13.3. The highest BCUT2D eigenvalue weighted by atomic mass is 32.2. The Hall–Kier alpha value is -1.89. The van der Waals surface area contributed by atoms with Crippen molar-refractivity contribution in [2.45, 2.75) is 24.1 Å². The van der Waals surface area contributed by atoms with E-state index in [-0.39, 0.29) is 15.6 Å². The van der Waals surface area contributed by atoms with Gasteiger partial charge in [-0.2, -0.15) is 0 Å². The summed E-state index contributed by atoms with van der Waals surface area (Å²) in [6.45, 7) is 3.04. The molecule has 0 bridgehead atoms. The summed E-state index contributed by atoms with van der Waals surface area (Å²) in [5.41, 5.74) is 0.372. The third-order valence-electron chi connectivity index (χ3n) is 2.52. The topological polar surface area (TPSA) is 87.1 Å². The molecule has 2 aromatic rings. The molecule has 7 heteroatoms. The van der Waals surface area contributed by atoms with Crippen molar-refractivity contribution in [2.75, 3.05) is 0 Å². The number of nitrogens with zero attached hydrogens (tertiary/aromatic N) is 2. The second-order valence-corrected chi connectivity index (χ2v) is 6.46. The minimum Gasteiger partial charge on any atom is -0.359 e. The largest absolute Gasteiger partial charge is 0.359 e. The minimum absolute atomic E-state index is 0.0794. The van der Waals surface area contributed by atoms with Crippen molar-refractivity contribution in [3.63, 3.8) is 0 Å². The minimum atomic E-state index is -3.66. The van der Waals surface area contributed by atoms with Crippen LogP contribution in [0.2, 0.25) is 0 Å². The Bertz CT molecular complexity index is 647. The highest BCUT2D eigenvalue weighted by Crippen LogP contribution is 2.24. The molecule has 0 aliphatic heterocycles. The molecule has 0 saturated carbocycles. The summed E-state index contributed by atoms with van der Waals surface area (Å²) in [6, 6.07) is 8.42. The van der Waals surface area contributed by atoms with Crippen LogP contribution in [0.15, 0.2) is 40.0 Å². The third-order valence-corrected chi connectivity index (χ3v) is 4.57. The Labute approximate surface area is 104 Å². The molecule has 0 aliphatic rings. The molecule has 0 unspecified atom stereocenters. The molecule has 1 aromatic carbocycles. The molecule has 0 amide bonds. The number of benzene rings is 1. The van der Waals surface area contributed by atoms with E-state index < -0.39 is 15.1 Å². The van der Waals surface area contributed by atoms with Crippen LogP contribution in [0, 0.1) is 5.21 Å². The summed E-state index contributed by atoms with van der Waals surface area (Å²) < 4.78 is 28.5. The summed E-state index contributed by atoms with van der Waals surface area (Å²) in [4.78, 5) is 0.116. The fraction of sp³-hybridized carbons (Fsp3) is 0.273. The van der Waals surface area contributed by atoms with Gasteiger partial charge in [0.25, 0.3) is 0 Å². The summed E-state index contributed by atoms with van der Waals surface area (Å²) >= 11 is 0. The van der Waals surface area contributed by atoms with Crippen molar-refractivity contribution in [1.29, 1.82) is 0 Å². The van der Waals surface area contributed by atoms with E-state index in [1.165, 1.54) is 13.8 Å². The van der Waals surface area contributed by atoms with Crippen molar-refractivity contribution < 1.29 is 17.9 Å². The molecule has 1 heterocycles. The van der Waals surface area contributed by atoms with Crippen LogP contribution in [0.25, 0.3) is 11.3 Å². The Balaban J connectivity index is 2.67. The van der Waals surface area contributed by atoms with Gasteiger partial charge in [-0.3, -0.25) is 4.63 Å². The number of hydrogen-bond donors (Lipinski definition) is 0. The SMILES string of the molecule is CC(C)S(=O)(=O)c1no[n+]([O-])c1-c1ccccc1. The van der Waals surface area contributed by atoms with Gasteiger partial charge in [-0.25, -0.2) is 8.42 Å². The first-order chi connectivity index (χ1) is 8.44. The summed E-state index contributed by atoms with van der Waals surface area (Å²) in [5, 5.41) is 13.9. The molecule has 1 aromatic heterocycles. The summed E-state index contributed by atoms with van der Waals surface area (Å²) in [7, 11) is -3.66. The van der Waals surface area contributed by atoms with Crippen LogP contribution < -0.4 is 4.90 Å². The fourth-order valence-corrected chi connectivity index (χ4v) is 2.52. The predicted octanol–water partition coefficient (Wildman–Crippen LogP) is 1.16. The molecule has 0 saturated heterocycles. The van der Waals surface area contributed by atoms with Crippen molar-refractivity contribution in [2.24, 2.45) is 0 Å². The lowest BCUT2D eigenvalue weighted by atomic mass is 10.2. The first-order valence-electron chi connectivity index (χ1n) is 5.33. The average Bonchev–Trinajstić information content (AvgIpc) is 2.72. The van der Waals surface area contributed by atoms with E-state index in [1.807, 2.05) is 0 Å². The first-order valence-corrected chi connectivity index (χ1v) is 6.88. The van der Waals surface area contributed by atoms with Crippen LogP contribution in [0.5, 0.6) is 0 Å². The van der Waals surface area contributed by atoms with Crippen LogP contribution in [-0.2, 0) is 9.84 Å². The van der Waals surface area contributed by atoms with Crippen LogP contribution in [0.4, 0.5) is 0 Å². The van der Waals surface area contributed by atoms with Crippen molar-refractivity contribution >= 4 is 9.84 Å². The fourth-order valence-electron chi connectivity index (χ4n) is 1.47. The van der Waals surface area contributed by atoms with Crippen LogP contribution in [0.1, 0.15) is 13.8 Å². The molecule has 6 nitrogen and oxygen atoms in total. The van der Waals surface area contributed by atoms with Gasteiger partial charge < -0.3 is 5.21 Å². The molecule has 0 atom stereocenters. The van der Waals surface area contributed by atoms with E-state index in [9.17, 15) is 13.6 Å². The average molecular weight is 268 g/mol. The quantitative estimate of drug-likeness (QED) is 0.779.